The number of hydrogen-bond acceptors (Lipinski definition) is 2. The van der Waals surface area contributed by atoms with Crippen LogP contribution in [-0.2, 0) is 6.42 Å². The summed E-state index contributed by atoms with van der Waals surface area (Å²) in [5.74, 6) is 0. The Balaban J connectivity index is 2.31. The summed E-state index contributed by atoms with van der Waals surface area (Å²) in [4.78, 5) is 4.17. The number of nitrogens with two attached hydrogens (primary N) is 1. The van der Waals surface area contributed by atoms with Crippen molar-refractivity contribution in [3.05, 3.63) is 65.0 Å². The Hall–Kier alpha value is -1.67. The molecule has 1 unspecified atom stereocenters. The summed E-state index contributed by atoms with van der Waals surface area (Å²) in [7, 11) is 0. The third-order valence-corrected chi connectivity index (χ3v) is 3.26. The lowest BCUT2D eigenvalue weighted by Gasteiger charge is -2.15. The van der Waals surface area contributed by atoms with Crippen molar-refractivity contribution in [3.63, 3.8) is 0 Å². The first-order valence-electron chi connectivity index (χ1n) is 6.47. The van der Waals surface area contributed by atoms with Crippen molar-refractivity contribution in [1.29, 1.82) is 0 Å². The Labute approximate surface area is 109 Å². The standard InChI is InChI=1S/C16H20N2/c1-3-5-13-6-4-7-14(10-13)16(17)15-11-18-9-8-12(15)2/h4,6-11,16H,3,5,17H2,1-2H3. The van der Waals surface area contributed by atoms with Gasteiger partial charge in [-0.05, 0) is 41.7 Å². The van der Waals surface area contributed by atoms with Gasteiger partial charge in [-0.25, -0.2) is 0 Å². The van der Waals surface area contributed by atoms with E-state index in [1.54, 1.807) is 6.20 Å². The van der Waals surface area contributed by atoms with Crippen LogP contribution < -0.4 is 5.73 Å². The molecule has 0 aliphatic carbocycles. The van der Waals surface area contributed by atoms with Gasteiger partial charge in [-0.3, -0.25) is 4.98 Å². The molecule has 0 saturated carbocycles. The second-order valence-corrected chi connectivity index (χ2v) is 4.70. The van der Waals surface area contributed by atoms with Gasteiger partial charge in [0.1, 0.15) is 0 Å². The molecule has 94 valence electrons. The van der Waals surface area contributed by atoms with E-state index in [0.29, 0.717) is 0 Å². The average molecular weight is 240 g/mol. The maximum Gasteiger partial charge on any atom is 0.0569 e. The van der Waals surface area contributed by atoms with Gasteiger partial charge in [0.2, 0.25) is 0 Å². The molecule has 1 aromatic carbocycles. The molecule has 0 aliphatic rings. The first-order chi connectivity index (χ1) is 8.72. The number of nitrogens with zero attached hydrogens (tertiary/aromatic N) is 1. The van der Waals surface area contributed by atoms with E-state index in [-0.39, 0.29) is 6.04 Å². The van der Waals surface area contributed by atoms with Gasteiger partial charge in [0.25, 0.3) is 0 Å². The number of hydrogen-bond donors (Lipinski definition) is 1. The highest BCUT2D eigenvalue weighted by molar-refractivity contribution is 5.36. The van der Waals surface area contributed by atoms with E-state index >= 15 is 0 Å². The predicted molar refractivity (Wildman–Crippen MR) is 75.4 cm³/mol. The van der Waals surface area contributed by atoms with Crippen LogP contribution in [0.4, 0.5) is 0 Å². The molecule has 0 bridgehead atoms. The van der Waals surface area contributed by atoms with Gasteiger partial charge < -0.3 is 5.73 Å². The highest BCUT2D eigenvalue weighted by Gasteiger charge is 2.11. The quantitative estimate of drug-likeness (QED) is 0.889. The summed E-state index contributed by atoms with van der Waals surface area (Å²) < 4.78 is 0. The molecule has 0 fully saturated rings. The molecule has 18 heavy (non-hydrogen) atoms. The van der Waals surface area contributed by atoms with Crippen LogP contribution in [0.1, 0.15) is 41.6 Å². The zero-order chi connectivity index (χ0) is 13.0. The topological polar surface area (TPSA) is 38.9 Å². The van der Waals surface area contributed by atoms with E-state index in [2.05, 4.69) is 43.1 Å². The van der Waals surface area contributed by atoms with E-state index in [0.717, 1.165) is 24.0 Å². The lowest BCUT2D eigenvalue weighted by atomic mass is 9.95. The summed E-state index contributed by atoms with van der Waals surface area (Å²) in [6, 6.07) is 10.5. The number of aromatic nitrogens is 1. The van der Waals surface area contributed by atoms with Crippen LogP contribution in [-0.4, -0.2) is 4.98 Å². The first kappa shape index (κ1) is 12.8. The fourth-order valence-corrected chi connectivity index (χ4v) is 2.21. The molecule has 0 aliphatic heterocycles. The van der Waals surface area contributed by atoms with Crippen LogP contribution in [0.25, 0.3) is 0 Å². The Morgan fingerprint density at radius 1 is 1.28 bits per heavy atom. The number of pyridine rings is 1. The van der Waals surface area contributed by atoms with Gasteiger partial charge in [-0.1, -0.05) is 37.6 Å². The lowest BCUT2D eigenvalue weighted by Crippen LogP contribution is -2.13. The minimum atomic E-state index is -0.0875. The summed E-state index contributed by atoms with van der Waals surface area (Å²) in [6.45, 7) is 4.27. The third kappa shape index (κ3) is 2.77. The summed E-state index contributed by atoms with van der Waals surface area (Å²) >= 11 is 0. The monoisotopic (exact) mass is 240 g/mol. The van der Waals surface area contributed by atoms with Crippen molar-refractivity contribution in [2.75, 3.05) is 0 Å². The molecule has 2 rings (SSSR count). The van der Waals surface area contributed by atoms with Crippen LogP contribution in [0.15, 0.2) is 42.7 Å². The summed E-state index contributed by atoms with van der Waals surface area (Å²) in [6.07, 6.45) is 5.93. The van der Waals surface area contributed by atoms with Gasteiger partial charge >= 0.3 is 0 Å². The number of rotatable bonds is 4. The zero-order valence-electron chi connectivity index (χ0n) is 11.1. The fraction of sp³-hybridized carbons (Fsp3) is 0.312. The maximum absolute atomic E-state index is 6.34. The molecular formula is C16H20N2. The molecule has 0 spiro atoms. The maximum atomic E-state index is 6.34. The molecule has 2 N–H and O–H groups in total. The molecule has 1 heterocycles. The van der Waals surface area contributed by atoms with E-state index in [1.807, 2.05) is 12.3 Å². The minimum Gasteiger partial charge on any atom is -0.320 e. The Morgan fingerprint density at radius 3 is 2.83 bits per heavy atom. The van der Waals surface area contributed by atoms with E-state index in [4.69, 9.17) is 5.73 Å². The van der Waals surface area contributed by atoms with Crippen molar-refractivity contribution in [1.82, 2.24) is 4.98 Å². The van der Waals surface area contributed by atoms with Gasteiger partial charge in [0.05, 0.1) is 6.04 Å². The lowest BCUT2D eigenvalue weighted by molar-refractivity contribution is 0.843. The van der Waals surface area contributed by atoms with Crippen LogP contribution in [0.3, 0.4) is 0 Å². The van der Waals surface area contributed by atoms with E-state index < -0.39 is 0 Å². The van der Waals surface area contributed by atoms with Gasteiger partial charge in [0, 0.05) is 12.4 Å². The summed E-state index contributed by atoms with van der Waals surface area (Å²) in [5, 5.41) is 0. The third-order valence-electron chi connectivity index (χ3n) is 3.26. The van der Waals surface area contributed by atoms with Crippen LogP contribution in [0.5, 0.6) is 0 Å². The van der Waals surface area contributed by atoms with Crippen molar-refractivity contribution in [3.8, 4) is 0 Å². The number of benzene rings is 1. The molecule has 1 atom stereocenters. The van der Waals surface area contributed by atoms with Crippen LogP contribution in [0.2, 0.25) is 0 Å². The van der Waals surface area contributed by atoms with E-state index in [9.17, 15) is 0 Å². The van der Waals surface area contributed by atoms with Crippen molar-refractivity contribution < 1.29 is 0 Å². The summed E-state index contributed by atoms with van der Waals surface area (Å²) in [5.41, 5.74) is 11.2. The molecule has 1 aromatic heterocycles. The predicted octanol–water partition coefficient (Wildman–Crippen LogP) is 3.39. The van der Waals surface area contributed by atoms with Gasteiger partial charge in [-0.15, -0.1) is 0 Å². The Morgan fingerprint density at radius 2 is 2.11 bits per heavy atom. The van der Waals surface area contributed by atoms with Crippen molar-refractivity contribution in [2.24, 2.45) is 5.73 Å². The van der Waals surface area contributed by atoms with Gasteiger partial charge in [-0.2, -0.15) is 0 Å². The SMILES string of the molecule is CCCc1cccc(C(N)c2cnccc2C)c1. The average Bonchev–Trinajstić information content (AvgIpc) is 2.39. The molecule has 2 heteroatoms. The minimum absolute atomic E-state index is 0.0875. The highest BCUT2D eigenvalue weighted by Crippen LogP contribution is 2.22. The second kappa shape index (κ2) is 5.78. The first-order valence-corrected chi connectivity index (χ1v) is 6.47. The smallest absolute Gasteiger partial charge is 0.0569 e. The Bertz CT molecular complexity index is 520. The largest absolute Gasteiger partial charge is 0.320 e. The second-order valence-electron chi connectivity index (χ2n) is 4.70. The molecule has 0 radical (unpaired) electrons. The zero-order valence-corrected chi connectivity index (χ0v) is 11.1. The Kier molecular flexibility index (Phi) is 4.11. The molecule has 0 amide bonds. The highest BCUT2D eigenvalue weighted by atomic mass is 14.7. The number of aryl methyl sites for hydroxylation is 2. The molecular weight excluding hydrogens is 220 g/mol. The normalized spacial score (nSPS) is 12.4. The molecule has 2 aromatic rings. The van der Waals surface area contributed by atoms with Gasteiger partial charge in [0.15, 0.2) is 0 Å². The van der Waals surface area contributed by atoms with Crippen molar-refractivity contribution in [2.45, 2.75) is 32.7 Å². The molecule has 0 saturated heterocycles. The van der Waals surface area contributed by atoms with Crippen molar-refractivity contribution >= 4 is 0 Å². The van der Waals surface area contributed by atoms with Crippen LogP contribution >= 0.6 is 0 Å². The van der Waals surface area contributed by atoms with Crippen LogP contribution in [0, 0.1) is 6.92 Å². The molecule has 2 nitrogen and oxygen atoms in total. The van der Waals surface area contributed by atoms with E-state index in [1.165, 1.54) is 11.1 Å². The fourth-order valence-electron chi connectivity index (χ4n) is 2.21.